The molecule has 2 aromatic rings. The van der Waals surface area contributed by atoms with Gasteiger partial charge in [-0.25, -0.2) is 0 Å². The lowest BCUT2D eigenvalue weighted by atomic mass is 9.98. The molecule has 0 spiro atoms. The number of likely N-dealkylation sites (tertiary alicyclic amines) is 1. The lowest BCUT2D eigenvalue weighted by Crippen LogP contribution is -2.32. The lowest BCUT2D eigenvalue weighted by Gasteiger charge is -2.19. The topological polar surface area (TPSA) is 99.0 Å². The first kappa shape index (κ1) is 20.8. The van der Waals surface area contributed by atoms with E-state index in [4.69, 9.17) is 9.47 Å². The number of nitro benzene ring substituents is 1. The van der Waals surface area contributed by atoms with Gasteiger partial charge >= 0.3 is 0 Å². The molecule has 0 radical (unpaired) electrons. The molecule has 162 valence electrons. The van der Waals surface area contributed by atoms with Crippen molar-refractivity contribution < 1.29 is 24.0 Å². The molecule has 1 aliphatic carbocycles. The highest BCUT2D eigenvalue weighted by Gasteiger charge is 2.35. The monoisotopic (exact) mass is 424 g/mol. The molecule has 0 aromatic heterocycles. The molecule has 2 amide bonds. The van der Waals surface area contributed by atoms with Crippen LogP contribution in [0, 0.1) is 10.1 Å². The molecule has 1 atom stereocenters. The fourth-order valence-corrected chi connectivity index (χ4v) is 4.23. The predicted molar refractivity (Wildman–Crippen MR) is 112 cm³/mol. The number of ether oxygens (including phenoxy) is 2. The molecule has 1 unspecified atom stereocenters. The number of hydrogen-bond acceptors (Lipinski definition) is 6. The van der Waals surface area contributed by atoms with Gasteiger partial charge in [0, 0.05) is 36.6 Å². The van der Waals surface area contributed by atoms with Gasteiger partial charge in [-0.3, -0.25) is 24.6 Å². The number of benzene rings is 2. The lowest BCUT2D eigenvalue weighted by molar-refractivity contribution is -0.384. The highest BCUT2D eigenvalue weighted by Crippen LogP contribution is 2.37. The van der Waals surface area contributed by atoms with Gasteiger partial charge in [-0.15, -0.1) is 0 Å². The average molecular weight is 424 g/mol. The Bertz CT molecular complexity index is 998. The van der Waals surface area contributed by atoms with Crippen LogP contribution in [0.4, 0.5) is 5.69 Å². The van der Waals surface area contributed by atoms with E-state index in [1.165, 1.54) is 29.2 Å². The van der Waals surface area contributed by atoms with E-state index >= 15 is 0 Å². The third kappa shape index (κ3) is 4.38. The first-order chi connectivity index (χ1) is 15.0. The number of rotatable bonds is 6. The number of non-ortho nitro benzene ring substituents is 1. The maximum atomic E-state index is 12.8. The smallest absolute Gasteiger partial charge is 0.269 e. The minimum absolute atomic E-state index is 0.102. The Labute approximate surface area is 179 Å². The third-order valence-electron chi connectivity index (χ3n) is 5.95. The van der Waals surface area contributed by atoms with Crippen molar-refractivity contribution in [3.8, 4) is 11.5 Å². The molecule has 2 aromatic carbocycles. The number of nitro groups is 1. The summed E-state index contributed by atoms with van der Waals surface area (Å²) in [6, 6.07) is 10.9. The fourth-order valence-electron chi connectivity index (χ4n) is 4.23. The number of nitrogens with zero attached hydrogens (tertiary/aromatic N) is 2. The molecule has 0 N–H and O–H groups in total. The van der Waals surface area contributed by atoms with Crippen molar-refractivity contribution in [3.05, 3.63) is 63.7 Å². The second-order valence-corrected chi connectivity index (χ2v) is 7.95. The third-order valence-corrected chi connectivity index (χ3v) is 5.95. The highest BCUT2D eigenvalue weighted by atomic mass is 16.6. The van der Waals surface area contributed by atoms with Gasteiger partial charge in [-0.05, 0) is 55.5 Å². The molecule has 2 aliphatic rings. The van der Waals surface area contributed by atoms with E-state index in [-0.39, 0.29) is 42.1 Å². The van der Waals surface area contributed by atoms with Crippen LogP contribution < -0.4 is 9.47 Å². The van der Waals surface area contributed by atoms with Crippen molar-refractivity contribution in [3.63, 3.8) is 0 Å². The summed E-state index contributed by atoms with van der Waals surface area (Å²) < 4.78 is 11.6. The number of hydrogen-bond donors (Lipinski definition) is 0. The molecule has 1 saturated heterocycles. The maximum Gasteiger partial charge on any atom is 0.269 e. The Morgan fingerprint density at radius 2 is 1.81 bits per heavy atom. The summed E-state index contributed by atoms with van der Waals surface area (Å²) in [6.45, 7) is 0.254. The molecule has 31 heavy (non-hydrogen) atoms. The zero-order chi connectivity index (χ0) is 22.0. The largest absolute Gasteiger partial charge is 0.493 e. The van der Waals surface area contributed by atoms with Gasteiger partial charge in [0.25, 0.3) is 11.6 Å². The molecule has 1 saturated carbocycles. The standard InChI is InChI=1S/C23H24N2O6/c1-30-20-11-8-16(12-21(20)31-19-4-2-3-5-19)17-13-22(26)24(14-17)23(27)15-6-9-18(10-7-15)25(28)29/h6-12,17,19H,2-5,13-14H2,1H3. The normalized spacial score (nSPS) is 18.9. The Hall–Kier alpha value is -3.42. The van der Waals surface area contributed by atoms with Gasteiger partial charge in [0.05, 0.1) is 18.1 Å². The number of carbonyl (C=O) groups is 2. The van der Waals surface area contributed by atoms with E-state index in [2.05, 4.69) is 0 Å². The highest BCUT2D eigenvalue weighted by molar-refractivity contribution is 6.06. The van der Waals surface area contributed by atoms with Crippen LogP contribution in [0.1, 0.15) is 53.9 Å². The van der Waals surface area contributed by atoms with Crippen LogP contribution in [0.15, 0.2) is 42.5 Å². The first-order valence-electron chi connectivity index (χ1n) is 10.4. The summed E-state index contributed by atoms with van der Waals surface area (Å²) in [5.74, 6) is 0.463. The fraction of sp³-hybridized carbons (Fsp3) is 0.391. The summed E-state index contributed by atoms with van der Waals surface area (Å²) in [7, 11) is 1.60. The summed E-state index contributed by atoms with van der Waals surface area (Å²) in [5, 5.41) is 10.8. The van der Waals surface area contributed by atoms with Gasteiger partial charge in [0.1, 0.15) is 0 Å². The Kier molecular flexibility index (Phi) is 5.88. The molecule has 8 heteroatoms. The Morgan fingerprint density at radius 1 is 1.10 bits per heavy atom. The molecular formula is C23H24N2O6. The summed E-state index contributed by atoms with van der Waals surface area (Å²) in [6.07, 6.45) is 4.75. The van der Waals surface area contributed by atoms with Gasteiger partial charge < -0.3 is 9.47 Å². The molecule has 1 aliphatic heterocycles. The molecule has 0 bridgehead atoms. The minimum atomic E-state index is -0.528. The number of imide groups is 1. The SMILES string of the molecule is COc1ccc(C2CC(=O)N(C(=O)c3ccc([N+](=O)[O-])cc3)C2)cc1OC1CCCC1. The van der Waals surface area contributed by atoms with Crippen molar-refractivity contribution in [1.82, 2.24) is 4.90 Å². The van der Waals surface area contributed by atoms with E-state index in [0.717, 1.165) is 31.2 Å². The van der Waals surface area contributed by atoms with Crippen LogP contribution in [-0.4, -0.2) is 41.4 Å². The van der Waals surface area contributed by atoms with Gasteiger partial charge in [0.2, 0.25) is 5.91 Å². The summed E-state index contributed by atoms with van der Waals surface area (Å²) in [4.78, 5) is 36.9. The van der Waals surface area contributed by atoms with Crippen LogP contribution >= 0.6 is 0 Å². The molecule has 1 heterocycles. The Morgan fingerprint density at radius 3 is 2.45 bits per heavy atom. The Balaban J connectivity index is 1.50. The van der Waals surface area contributed by atoms with Crippen molar-refractivity contribution >= 4 is 17.5 Å². The van der Waals surface area contributed by atoms with Crippen LogP contribution in [0.5, 0.6) is 11.5 Å². The van der Waals surface area contributed by atoms with Crippen molar-refractivity contribution in [2.24, 2.45) is 0 Å². The van der Waals surface area contributed by atoms with E-state index in [1.54, 1.807) is 7.11 Å². The molecule has 2 fully saturated rings. The van der Waals surface area contributed by atoms with Crippen LogP contribution in [0.25, 0.3) is 0 Å². The van der Waals surface area contributed by atoms with E-state index < -0.39 is 10.8 Å². The van der Waals surface area contributed by atoms with Gasteiger partial charge in [-0.2, -0.15) is 0 Å². The van der Waals surface area contributed by atoms with Crippen LogP contribution in [-0.2, 0) is 4.79 Å². The van der Waals surface area contributed by atoms with Gasteiger partial charge in [-0.1, -0.05) is 6.07 Å². The maximum absolute atomic E-state index is 12.8. The predicted octanol–water partition coefficient (Wildman–Crippen LogP) is 4.08. The van der Waals surface area contributed by atoms with Crippen molar-refractivity contribution in [2.75, 3.05) is 13.7 Å². The summed E-state index contributed by atoms with van der Waals surface area (Å²) >= 11 is 0. The molecular weight excluding hydrogens is 400 g/mol. The van der Waals surface area contributed by atoms with E-state index in [9.17, 15) is 19.7 Å². The minimum Gasteiger partial charge on any atom is -0.493 e. The summed E-state index contributed by atoms with van der Waals surface area (Å²) in [5.41, 5.74) is 1.07. The molecule has 8 nitrogen and oxygen atoms in total. The van der Waals surface area contributed by atoms with Crippen LogP contribution in [0.2, 0.25) is 0 Å². The van der Waals surface area contributed by atoms with E-state index in [0.29, 0.717) is 11.5 Å². The second-order valence-electron chi connectivity index (χ2n) is 7.95. The van der Waals surface area contributed by atoms with E-state index in [1.807, 2.05) is 18.2 Å². The zero-order valence-electron chi connectivity index (χ0n) is 17.3. The first-order valence-corrected chi connectivity index (χ1v) is 10.4. The second kappa shape index (κ2) is 8.75. The van der Waals surface area contributed by atoms with Crippen molar-refractivity contribution in [2.45, 2.75) is 44.1 Å². The van der Waals surface area contributed by atoms with Gasteiger partial charge in [0.15, 0.2) is 11.5 Å². The zero-order valence-corrected chi connectivity index (χ0v) is 17.3. The van der Waals surface area contributed by atoms with Crippen molar-refractivity contribution in [1.29, 1.82) is 0 Å². The average Bonchev–Trinajstić information content (AvgIpc) is 3.43. The number of carbonyl (C=O) groups excluding carboxylic acids is 2. The number of amides is 2. The van der Waals surface area contributed by atoms with Crippen LogP contribution in [0.3, 0.4) is 0 Å². The molecule has 4 rings (SSSR count). The quantitative estimate of drug-likeness (QED) is 0.394. The number of methoxy groups -OCH3 is 1.